The molecule has 3 aromatic carbocycles. The van der Waals surface area contributed by atoms with Gasteiger partial charge in [0.25, 0.3) is 0 Å². The molecule has 1 N–H and O–H groups in total. The molecule has 5 nitrogen and oxygen atoms in total. The second kappa shape index (κ2) is 7.26. The van der Waals surface area contributed by atoms with Gasteiger partial charge in [-0.2, -0.15) is 0 Å². The van der Waals surface area contributed by atoms with Gasteiger partial charge in [-0.3, -0.25) is 0 Å². The maximum Gasteiger partial charge on any atom is 0.241 e. The van der Waals surface area contributed by atoms with Gasteiger partial charge < -0.3 is 0 Å². The molecule has 1 aliphatic rings. The third-order valence-electron chi connectivity index (χ3n) is 5.02. The van der Waals surface area contributed by atoms with E-state index in [1.165, 1.54) is 11.8 Å². The zero-order valence-electron chi connectivity index (χ0n) is 15.3. The number of sulfonamides is 1. The van der Waals surface area contributed by atoms with E-state index in [1.807, 2.05) is 18.2 Å². The monoisotopic (exact) mass is 419 g/mol. The Labute approximate surface area is 173 Å². The molecule has 0 aliphatic heterocycles. The highest BCUT2D eigenvalue weighted by Crippen LogP contribution is 2.52. The summed E-state index contributed by atoms with van der Waals surface area (Å²) in [6, 6.07) is 21.9. The van der Waals surface area contributed by atoms with Gasteiger partial charge in [-0.1, -0.05) is 66.4 Å². The molecule has 144 valence electrons. The minimum Gasteiger partial charge on any atom is -0.231 e. The Hall–Kier alpha value is -2.74. The fourth-order valence-corrected chi connectivity index (χ4v) is 6.27. The third kappa shape index (κ3) is 3.31. The molecule has 0 unspecified atom stereocenters. The normalized spacial score (nSPS) is 18.2. The van der Waals surface area contributed by atoms with Gasteiger partial charge in [-0.05, 0) is 40.1 Å². The Morgan fingerprint density at radius 3 is 2.21 bits per heavy atom. The fraction of sp³-hybridized carbons (Fsp3) is 0.0909. The summed E-state index contributed by atoms with van der Waals surface area (Å²) in [6.07, 6.45) is 3.39. The van der Waals surface area contributed by atoms with E-state index in [0.29, 0.717) is 5.16 Å². The van der Waals surface area contributed by atoms with Gasteiger partial charge in [-0.25, -0.2) is 23.1 Å². The molecule has 0 saturated carbocycles. The summed E-state index contributed by atoms with van der Waals surface area (Å²) in [5.74, 6) is 0. The van der Waals surface area contributed by atoms with E-state index in [2.05, 4.69) is 32.9 Å². The summed E-state index contributed by atoms with van der Waals surface area (Å²) >= 11 is 1.48. The molecule has 1 heterocycles. The summed E-state index contributed by atoms with van der Waals surface area (Å²) in [4.78, 5) is 8.92. The molecule has 29 heavy (non-hydrogen) atoms. The number of nitrogens with zero attached hydrogens (tertiary/aromatic N) is 2. The number of hydrogen-bond donors (Lipinski definition) is 1. The summed E-state index contributed by atoms with van der Waals surface area (Å²) in [7, 11) is -3.69. The number of benzene rings is 3. The maximum atomic E-state index is 13.1. The quantitative estimate of drug-likeness (QED) is 0.482. The van der Waals surface area contributed by atoms with Crippen molar-refractivity contribution in [3.8, 4) is 0 Å². The van der Waals surface area contributed by atoms with Crippen molar-refractivity contribution in [3.05, 3.63) is 96.3 Å². The number of hydrogen-bond acceptors (Lipinski definition) is 5. The van der Waals surface area contributed by atoms with E-state index < -0.39 is 16.1 Å². The lowest BCUT2D eigenvalue weighted by Crippen LogP contribution is -2.30. The summed E-state index contributed by atoms with van der Waals surface area (Å²) in [6.45, 7) is 0. The molecule has 7 heteroatoms. The van der Waals surface area contributed by atoms with Crippen molar-refractivity contribution in [3.63, 3.8) is 0 Å². The Morgan fingerprint density at radius 2 is 1.48 bits per heavy atom. The molecule has 0 amide bonds. The standard InChI is InChI=1S/C22H17N3O2S2/c26-29(27,16-9-2-1-3-10-16)25-20-17-11-4-7-15-8-5-12-18(19(15)17)21(20)28-22-23-13-6-14-24-22/h1-14,20-21,25H/t20-,21+/m1/s1. The Morgan fingerprint density at radius 1 is 0.793 bits per heavy atom. The number of thioether (sulfide) groups is 1. The van der Waals surface area contributed by atoms with Gasteiger partial charge in [-0.15, -0.1) is 0 Å². The minimum atomic E-state index is -3.69. The SMILES string of the molecule is O=S(=O)(N[C@@H]1c2cccc3cccc(c23)[C@@H]1Sc1ncccn1)c1ccccc1. The Balaban J connectivity index is 1.61. The molecular formula is C22H17N3O2S2. The van der Waals surface area contributed by atoms with Crippen LogP contribution in [0.25, 0.3) is 10.8 Å². The number of nitrogens with one attached hydrogen (secondary N) is 1. The third-order valence-corrected chi connectivity index (χ3v) is 7.68. The first-order valence-corrected chi connectivity index (χ1v) is 11.5. The van der Waals surface area contributed by atoms with E-state index >= 15 is 0 Å². The lowest BCUT2D eigenvalue weighted by Gasteiger charge is -2.22. The molecule has 0 radical (unpaired) electrons. The van der Waals surface area contributed by atoms with Crippen LogP contribution in [0.5, 0.6) is 0 Å². The fourth-order valence-electron chi connectivity index (χ4n) is 3.79. The molecular weight excluding hydrogens is 402 g/mol. The van der Waals surface area contributed by atoms with Gasteiger partial charge in [0, 0.05) is 12.4 Å². The summed E-state index contributed by atoms with van der Waals surface area (Å²) in [5.41, 5.74) is 2.07. The van der Waals surface area contributed by atoms with E-state index in [9.17, 15) is 8.42 Å². The zero-order chi connectivity index (χ0) is 19.8. The van der Waals surface area contributed by atoms with Gasteiger partial charge in [0.1, 0.15) is 0 Å². The van der Waals surface area contributed by atoms with Crippen molar-refractivity contribution in [1.29, 1.82) is 0 Å². The Bertz CT molecular complexity index is 1270. The molecule has 5 rings (SSSR count). The molecule has 0 fully saturated rings. The van der Waals surface area contributed by atoms with E-state index in [0.717, 1.165) is 21.9 Å². The largest absolute Gasteiger partial charge is 0.241 e. The van der Waals surface area contributed by atoms with Crippen LogP contribution in [0.1, 0.15) is 22.4 Å². The van der Waals surface area contributed by atoms with Crippen LogP contribution in [-0.2, 0) is 10.0 Å². The van der Waals surface area contributed by atoms with Gasteiger partial charge in [0.05, 0.1) is 16.2 Å². The van der Waals surface area contributed by atoms with Crippen LogP contribution >= 0.6 is 11.8 Å². The molecule has 0 bridgehead atoms. The second-order valence-electron chi connectivity index (χ2n) is 6.77. The first kappa shape index (κ1) is 18.3. The number of aromatic nitrogens is 2. The lowest BCUT2D eigenvalue weighted by atomic mass is 10.1. The second-order valence-corrected chi connectivity index (χ2v) is 9.60. The summed E-state index contributed by atoms with van der Waals surface area (Å²) < 4.78 is 29.2. The molecule has 1 aliphatic carbocycles. The predicted octanol–water partition coefficient (Wildman–Crippen LogP) is 4.50. The number of rotatable bonds is 5. The Kier molecular flexibility index (Phi) is 4.58. The molecule has 0 saturated heterocycles. The van der Waals surface area contributed by atoms with Crippen LogP contribution in [0, 0.1) is 0 Å². The van der Waals surface area contributed by atoms with Crippen molar-refractivity contribution >= 4 is 32.6 Å². The average molecular weight is 420 g/mol. The maximum absolute atomic E-state index is 13.1. The molecule has 0 spiro atoms. The van der Waals surface area contributed by atoms with Crippen molar-refractivity contribution in [2.45, 2.75) is 21.3 Å². The first-order valence-electron chi connectivity index (χ1n) is 9.16. The van der Waals surface area contributed by atoms with Crippen LogP contribution in [0.4, 0.5) is 0 Å². The zero-order valence-corrected chi connectivity index (χ0v) is 16.9. The highest BCUT2D eigenvalue weighted by atomic mass is 32.2. The van der Waals surface area contributed by atoms with Crippen molar-refractivity contribution in [2.24, 2.45) is 0 Å². The van der Waals surface area contributed by atoms with Gasteiger partial charge in [0.15, 0.2) is 5.16 Å². The van der Waals surface area contributed by atoms with Gasteiger partial charge >= 0.3 is 0 Å². The topological polar surface area (TPSA) is 72.0 Å². The van der Waals surface area contributed by atoms with Crippen molar-refractivity contribution in [2.75, 3.05) is 0 Å². The van der Waals surface area contributed by atoms with Gasteiger partial charge in [0.2, 0.25) is 10.0 Å². The van der Waals surface area contributed by atoms with Crippen LogP contribution < -0.4 is 4.72 Å². The van der Waals surface area contributed by atoms with Crippen molar-refractivity contribution in [1.82, 2.24) is 14.7 Å². The van der Waals surface area contributed by atoms with Crippen molar-refractivity contribution < 1.29 is 8.42 Å². The lowest BCUT2D eigenvalue weighted by molar-refractivity contribution is 0.557. The predicted molar refractivity (Wildman–Crippen MR) is 114 cm³/mol. The van der Waals surface area contributed by atoms with E-state index in [4.69, 9.17) is 0 Å². The molecule has 4 aromatic rings. The average Bonchev–Trinajstić information content (AvgIpc) is 3.04. The van der Waals surface area contributed by atoms with Crippen LogP contribution in [-0.4, -0.2) is 18.4 Å². The van der Waals surface area contributed by atoms with Crippen LogP contribution in [0.2, 0.25) is 0 Å². The van der Waals surface area contributed by atoms with E-state index in [1.54, 1.807) is 48.8 Å². The molecule has 1 aromatic heterocycles. The highest BCUT2D eigenvalue weighted by Gasteiger charge is 2.38. The molecule has 2 atom stereocenters. The van der Waals surface area contributed by atoms with E-state index in [-0.39, 0.29) is 10.1 Å². The first-order chi connectivity index (χ1) is 14.1. The van der Waals surface area contributed by atoms with Crippen LogP contribution in [0.15, 0.2) is 95.2 Å². The highest BCUT2D eigenvalue weighted by molar-refractivity contribution is 7.99. The summed E-state index contributed by atoms with van der Waals surface area (Å²) in [5, 5.41) is 2.65. The minimum absolute atomic E-state index is 0.169. The van der Waals surface area contributed by atoms with Crippen LogP contribution in [0.3, 0.4) is 0 Å². The smallest absolute Gasteiger partial charge is 0.231 e.